The molecule has 0 radical (unpaired) electrons. The first kappa shape index (κ1) is 21.0. The normalized spacial score (nSPS) is 11.9. The van der Waals surface area contributed by atoms with Crippen molar-refractivity contribution in [3.63, 3.8) is 0 Å². The summed E-state index contributed by atoms with van der Waals surface area (Å²) in [6.45, 7) is 8.82. The van der Waals surface area contributed by atoms with Crippen molar-refractivity contribution in [2.24, 2.45) is 5.92 Å². The number of hydrogen-bond acceptors (Lipinski definition) is 4. The Bertz CT molecular complexity index is 539. The maximum Gasteiger partial charge on any atom is 0.310 e. The lowest BCUT2D eigenvalue weighted by Crippen LogP contribution is -2.38. The molecule has 5 nitrogen and oxygen atoms in total. The van der Waals surface area contributed by atoms with Crippen LogP contribution in [-0.4, -0.2) is 43.1 Å². The summed E-state index contributed by atoms with van der Waals surface area (Å²) in [5.74, 6) is 0.0306. The third-order valence-corrected chi connectivity index (χ3v) is 3.89. The quantitative estimate of drug-likeness (QED) is 0.475. The van der Waals surface area contributed by atoms with E-state index in [1.165, 1.54) is 7.11 Å². The van der Waals surface area contributed by atoms with Crippen molar-refractivity contribution >= 4 is 11.9 Å². The lowest BCUT2D eigenvalue weighted by Gasteiger charge is -2.25. The van der Waals surface area contributed by atoms with Gasteiger partial charge in [0, 0.05) is 18.7 Å². The number of esters is 1. The maximum absolute atomic E-state index is 12.9. The number of rotatable bonds is 10. The molecule has 1 aromatic rings. The van der Waals surface area contributed by atoms with Gasteiger partial charge in [0.2, 0.25) is 0 Å². The van der Waals surface area contributed by atoms with E-state index in [-0.39, 0.29) is 23.9 Å². The molecular formula is C20H31NO4. The Hall–Kier alpha value is -2.04. The summed E-state index contributed by atoms with van der Waals surface area (Å²) in [5, 5.41) is 0. The molecule has 0 bridgehead atoms. The zero-order valence-electron chi connectivity index (χ0n) is 16.1. The summed E-state index contributed by atoms with van der Waals surface area (Å²) < 4.78 is 10.4. The van der Waals surface area contributed by atoms with Crippen LogP contribution in [0.25, 0.3) is 0 Å². The Kier molecular flexibility index (Phi) is 9.03. The minimum Gasteiger partial charge on any atom is -0.491 e. The molecule has 0 aliphatic rings. The van der Waals surface area contributed by atoms with Gasteiger partial charge in [0.1, 0.15) is 5.75 Å². The molecule has 1 atom stereocenters. The molecule has 140 valence electrons. The van der Waals surface area contributed by atoms with Gasteiger partial charge in [-0.05, 0) is 44.5 Å². The Morgan fingerprint density at radius 1 is 1.08 bits per heavy atom. The van der Waals surface area contributed by atoms with E-state index in [0.29, 0.717) is 18.7 Å². The van der Waals surface area contributed by atoms with Gasteiger partial charge in [0.05, 0.1) is 19.1 Å². The third-order valence-electron chi connectivity index (χ3n) is 3.89. The summed E-state index contributed by atoms with van der Waals surface area (Å²) in [4.78, 5) is 26.3. The number of hydrogen-bond donors (Lipinski definition) is 0. The van der Waals surface area contributed by atoms with Crippen molar-refractivity contribution in [1.29, 1.82) is 0 Å². The van der Waals surface area contributed by atoms with Crippen LogP contribution in [0.3, 0.4) is 0 Å². The summed E-state index contributed by atoms with van der Waals surface area (Å²) in [7, 11) is 1.37. The fourth-order valence-corrected chi connectivity index (χ4v) is 2.57. The maximum atomic E-state index is 12.9. The van der Waals surface area contributed by atoms with Crippen LogP contribution >= 0.6 is 0 Å². The van der Waals surface area contributed by atoms with Crippen LogP contribution in [0.5, 0.6) is 5.75 Å². The van der Waals surface area contributed by atoms with Gasteiger partial charge in [0.25, 0.3) is 5.91 Å². The van der Waals surface area contributed by atoms with Gasteiger partial charge in [-0.1, -0.05) is 26.7 Å². The predicted octanol–water partition coefficient (Wildman–Crippen LogP) is 3.92. The van der Waals surface area contributed by atoms with Crippen LogP contribution in [0.4, 0.5) is 0 Å². The number of amides is 1. The van der Waals surface area contributed by atoms with E-state index in [1.807, 2.05) is 13.8 Å². The number of methoxy groups -OCH3 is 1. The predicted molar refractivity (Wildman–Crippen MR) is 98.8 cm³/mol. The van der Waals surface area contributed by atoms with Crippen LogP contribution in [0.15, 0.2) is 24.3 Å². The van der Waals surface area contributed by atoms with E-state index in [9.17, 15) is 9.59 Å². The molecule has 0 spiro atoms. The number of nitrogens with zero attached hydrogens (tertiary/aromatic N) is 1. The van der Waals surface area contributed by atoms with Crippen LogP contribution in [-0.2, 0) is 9.53 Å². The first-order chi connectivity index (χ1) is 11.9. The molecule has 25 heavy (non-hydrogen) atoms. The summed E-state index contributed by atoms with van der Waals surface area (Å²) in [6, 6.07) is 7.16. The number of ether oxygens (including phenoxy) is 2. The fourth-order valence-electron chi connectivity index (χ4n) is 2.57. The van der Waals surface area contributed by atoms with E-state index in [0.717, 1.165) is 25.0 Å². The van der Waals surface area contributed by atoms with E-state index in [2.05, 4.69) is 6.92 Å². The summed E-state index contributed by atoms with van der Waals surface area (Å²) in [5.41, 5.74) is 0.602. The smallest absolute Gasteiger partial charge is 0.310 e. The molecule has 0 N–H and O–H groups in total. The van der Waals surface area contributed by atoms with E-state index in [1.54, 1.807) is 36.1 Å². The molecule has 5 heteroatoms. The minimum absolute atomic E-state index is 0.0667. The molecule has 1 aromatic carbocycles. The van der Waals surface area contributed by atoms with E-state index in [4.69, 9.17) is 9.47 Å². The lowest BCUT2D eigenvalue weighted by molar-refractivity contribution is -0.145. The third kappa shape index (κ3) is 7.16. The van der Waals surface area contributed by atoms with Crippen molar-refractivity contribution in [3.05, 3.63) is 29.8 Å². The molecule has 1 rings (SSSR count). The molecule has 0 aliphatic carbocycles. The van der Waals surface area contributed by atoms with Crippen molar-refractivity contribution in [2.45, 2.75) is 53.1 Å². The number of unbranched alkanes of at least 4 members (excludes halogenated alkanes) is 2. The second-order valence-electron chi connectivity index (χ2n) is 6.57. The summed E-state index contributed by atoms with van der Waals surface area (Å²) >= 11 is 0. The number of carbonyl (C=O) groups is 2. The van der Waals surface area contributed by atoms with Crippen LogP contribution in [0.2, 0.25) is 0 Å². The molecule has 1 unspecified atom stereocenters. The molecule has 0 saturated carbocycles. The van der Waals surface area contributed by atoms with Gasteiger partial charge >= 0.3 is 5.97 Å². The van der Waals surface area contributed by atoms with E-state index >= 15 is 0 Å². The monoisotopic (exact) mass is 349 g/mol. The highest BCUT2D eigenvalue weighted by Gasteiger charge is 2.22. The molecule has 0 aliphatic heterocycles. The standard InChI is InChI=1S/C20H31NO4/c1-6-7-8-13-21(14-16(4)20(23)24-5)19(22)17-9-11-18(12-10-17)25-15(2)3/h9-12,15-16H,6-8,13-14H2,1-5H3. The molecule has 1 amide bonds. The summed E-state index contributed by atoms with van der Waals surface area (Å²) in [6.07, 6.45) is 3.14. The Morgan fingerprint density at radius 2 is 1.72 bits per heavy atom. The average Bonchev–Trinajstić information content (AvgIpc) is 2.59. The highest BCUT2D eigenvalue weighted by Crippen LogP contribution is 2.16. The molecular weight excluding hydrogens is 318 g/mol. The zero-order valence-corrected chi connectivity index (χ0v) is 16.1. The topological polar surface area (TPSA) is 55.8 Å². The first-order valence-electron chi connectivity index (χ1n) is 9.02. The second kappa shape index (κ2) is 10.7. The van der Waals surface area contributed by atoms with Crippen molar-refractivity contribution < 1.29 is 19.1 Å². The SMILES string of the molecule is CCCCCN(CC(C)C(=O)OC)C(=O)c1ccc(OC(C)C)cc1. The zero-order chi connectivity index (χ0) is 18.8. The van der Waals surface area contributed by atoms with Crippen molar-refractivity contribution in [1.82, 2.24) is 4.90 Å². The number of carbonyl (C=O) groups excluding carboxylic acids is 2. The highest BCUT2D eigenvalue weighted by molar-refractivity contribution is 5.94. The first-order valence-corrected chi connectivity index (χ1v) is 9.02. The van der Waals surface area contributed by atoms with Crippen molar-refractivity contribution in [3.8, 4) is 5.75 Å². The van der Waals surface area contributed by atoms with Crippen molar-refractivity contribution in [2.75, 3.05) is 20.2 Å². The lowest BCUT2D eigenvalue weighted by atomic mass is 10.1. The second-order valence-corrected chi connectivity index (χ2v) is 6.57. The Morgan fingerprint density at radius 3 is 2.24 bits per heavy atom. The molecule has 0 heterocycles. The molecule has 0 saturated heterocycles. The van der Waals surface area contributed by atoms with E-state index < -0.39 is 0 Å². The largest absolute Gasteiger partial charge is 0.491 e. The van der Waals surface area contributed by atoms with Crippen LogP contribution in [0.1, 0.15) is 57.3 Å². The fraction of sp³-hybridized carbons (Fsp3) is 0.600. The number of benzene rings is 1. The van der Waals surface area contributed by atoms with Gasteiger partial charge in [-0.25, -0.2) is 0 Å². The minimum atomic E-state index is -0.348. The van der Waals surface area contributed by atoms with Gasteiger partial charge in [-0.15, -0.1) is 0 Å². The van der Waals surface area contributed by atoms with Gasteiger partial charge in [-0.2, -0.15) is 0 Å². The Balaban J connectivity index is 2.84. The van der Waals surface area contributed by atoms with Gasteiger partial charge in [-0.3, -0.25) is 9.59 Å². The molecule has 0 aromatic heterocycles. The highest BCUT2D eigenvalue weighted by atomic mass is 16.5. The van der Waals surface area contributed by atoms with Gasteiger partial charge in [0.15, 0.2) is 0 Å². The Labute approximate surface area is 151 Å². The van der Waals surface area contributed by atoms with Crippen LogP contribution in [0, 0.1) is 5.92 Å². The van der Waals surface area contributed by atoms with Gasteiger partial charge < -0.3 is 14.4 Å². The average molecular weight is 349 g/mol. The molecule has 0 fully saturated rings. The van der Waals surface area contributed by atoms with Crippen LogP contribution < -0.4 is 4.74 Å².